The predicted molar refractivity (Wildman–Crippen MR) is 142 cm³/mol. The first-order valence-electron chi connectivity index (χ1n) is 11.7. The average Bonchev–Trinajstić information content (AvgIpc) is 3.38. The molecule has 0 bridgehead atoms. The molecular formula is C26H28ClF4N6O4+. The minimum atomic E-state index is -3.49. The molecule has 0 fully saturated rings. The van der Waals surface area contributed by atoms with Crippen LogP contribution in [0.5, 0.6) is 0 Å². The first-order chi connectivity index (χ1) is 19.0. The molecule has 15 heteroatoms. The molecule has 1 atom stereocenters. The maximum absolute atomic E-state index is 14.5. The first kappa shape index (κ1) is 32.9. The van der Waals surface area contributed by atoms with Gasteiger partial charge >= 0.3 is 6.09 Å². The number of benzene rings is 2. The maximum Gasteiger partial charge on any atom is 0.414 e. The monoisotopic (exact) mass is 599 g/mol. The number of hydrogen-bond donors (Lipinski definition) is 2. The van der Waals surface area contributed by atoms with Gasteiger partial charge in [0.25, 0.3) is 5.92 Å². The Labute approximate surface area is 237 Å². The molecule has 0 saturated heterocycles. The van der Waals surface area contributed by atoms with Gasteiger partial charge in [-0.2, -0.15) is 0 Å². The smallest absolute Gasteiger partial charge is 0.414 e. The van der Waals surface area contributed by atoms with E-state index < -0.39 is 55.2 Å². The Hall–Kier alpha value is -4.29. The number of rotatable bonds is 12. The number of anilines is 1. The number of carbonyl (C=O) groups is 2. The number of alkyl halides is 2. The van der Waals surface area contributed by atoms with E-state index in [1.54, 1.807) is 6.07 Å². The van der Waals surface area contributed by atoms with Crippen molar-refractivity contribution < 1.29 is 36.4 Å². The number of nitrogens with zero attached hydrogens (tertiary/aromatic N) is 4. The van der Waals surface area contributed by atoms with E-state index in [0.717, 1.165) is 11.0 Å². The van der Waals surface area contributed by atoms with Crippen molar-refractivity contribution in [2.75, 3.05) is 25.5 Å². The lowest BCUT2D eigenvalue weighted by atomic mass is 10.1. The van der Waals surface area contributed by atoms with E-state index >= 15 is 0 Å². The third kappa shape index (κ3) is 9.69. The number of aromatic nitrogens is 1. The van der Waals surface area contributed by atoms with E-state index in [1.807, 2.05) is 0 Å². The minimum Gasteiger partial charge on any atom is -0.447 e. The van der Waals surface area contributed by atoms with Gasteiger partial charge in [0.05, 0.1) is 11.1 Å². The van der Waals surface area contributed by atoms with Crippen LogP contribution in [-0.2, 0) is 16.0 Å². The lowest BCUT2D eigenvalue weighted by molar-refractivity contribution is -0.134. The summed E-state index contributed by atoms with van der Waals surface area (Å²) in [5.74, 6) is -5.39. The molecule has 3 aromatic rings. The molecule has 1 heterocycles. The zero-order valence-electron chi connectivity index (χ0n) is 21.0. The van der Waals surface area contributed by atoms with Crippen molar-refractivity contribution >= 4 is 29.5 Å². The third-order valence-electron chi connectivity index (χ3n) is 5.75. The molecule has 3 rings (SSSR count). The highest BCUT2D eigenvalue weighted by Gasteiger charge is 2.38. The summed E-state index contributed by atoms with van der Waals surface area (Å²) < 4.78 is 66.1. The van der Waals surface area contributed by atoms with Crippen molar-refractivity contribution in [3.05, 3.63) is 70.8 Å². The Morgan fingerprint density at radius 3 is 2.68 bits per heavy atom. The zero-order chi connectivity index (χ0) is 29.3. The molecule has 41 heavy (non-hydrogen) atoms. The van der Waals surface area contributed by atoms with Crippen LogP contribution >= 0.6 is 11.6 Å². The zero-order valence-corrected chi connectivity index (χ0v) is 21.8. The molecule has 0 unspecified atom stereocenters. The third-order valence-corrected chi connectivity index (χ3v) is 6.17. The fourth-order valence-corrected chi connectivity index (χ4v) is 3.87. The summed E-state index contributed by atoms with van der Waals surface area (Å²) in [6.45, 7) is -1.76. The van der Waals surface area contributed by atoms with Gasteiger partial charge in [0.2, 0.25) is 16.7 Å². The second kappa shape index (κ2) is 14.9. The van der Waals surface area contributed by atoms with Gasteiger partial charge in [-0.1, -0.05) is 48.4 Å². The number of ether oxygens (including phenoxy) is 1. The molecule has 0 saturated carbocycles. The second-order valence-corrected chi connectivity index (χ2v) is 9.02. The maximum atomic E-state index is 14.5. The number of aryl methyl sites for hydroxylation is 1. The molecule has 0 radical (unpaired) electrons. The molecule has 0 aliphatic heterocycles. The molecule has 0 aliphatic carbocycles. The van der Waals surface area contributed by atoms with Gasteiger partial charge in [0.15, 0.2) is 6.54 Å². The van der Waals surface area contributed by atoms with Crippen molar-refractivity contribution in [2.24, 2.45) is 5.11 Å². The normalized spacial score (nSPS) is 11.6. The van der Waals surface area contributed by atoms with Crippen LogP contribution in [0.4, 0.5) is 28.2 Å². The fourth-order valence-electron chi connectivity index (χ4n) is 3.65. The van der Waals surface area contributed by atoms with E-state index in [1.165, 1.54) is 43.4 Å². The van der Waals surface area contributed by atoms with Crippen LogP contribution in [0.3, 0.4) is 0 Å². The van der Waals surface area contributed by atoms with Crippen LogP contribution in [0.2, 0.25) is 5.02 Å². The summed E-state index contributed by atoms with van der Waals surface area (Å²) in [6.07, 6.45) is -2.21. The summed E-state index contributed by atoms with van der Waals surface area (Å²) >= 11 is 5.92. The fraction of sp³-hybridized carbons (Fsp3) is 0.346. The van der Waals surface area contributed by atoms with Gasteiger partial charge in [-0.3, -0.25) is 10.1 Å². The lowest BCUT2D eigenvalue weighted by Gasteiger charge is -2.30. The van der Waals surface area contributed by atoms with E-state index in [9.17, 15) is 27.2 Å². The Morgan fingerprint density at radius 1 is 1.24 bits per heavy atom. The van der Waals surface area contributed by atoms with Gasteiger partial charge in [-0.15, -0.1) is 0 Å². The molecular weight excluding hydrogens is 572 g/mol. The summed E-state index contributed by atoms with van der Waals surface area (Å²) in [6, 6.07) is 9.61. The Morgan fingerprint density at radius 2 is 1.98 bits per heavy atom. The summed E-state index contributed by atoms with van der Waals surface area (Å²) in [7, 11) is 1.26. The van der Waals surface area contributed by atoms with Crippen LogP contribution in [0.1, 0.15) is 25.8 Å². The highest BCUT2D eigenvalue weighted by atomic mass is 35.5. The molecule has 2 aromatic carbocycles. The first-order valence-corrected chi connectivity index (χ1v) is 12.1. The van der Waals surface area contributed by atoms with Crippen LogP contribution < -0.4 is 10.2 Å². The van der Waals surface area contributed by atoms with Gasteiger partial charge in [0.1, 0.15) is 34.6 Å². The van der Waals surface area contributed by atoms with Crippen molar-refractivity contribution in [1.29, 1.82) is 5.53 Å². The van der Waals surface area contributed by atoms with E-state index in [2.05, 4.69) is 20.5 Å². The number of hydrogen-bond acceptors (Lipinski definition) is 7. The van der Waals surface area contributed by atoms with Crippen LogP contribution in [0, 0.1) is 17.2 Å². The summed E-state index contributed by atoms with van der Waals surface area (Å²) in [5, 5.41) is 8.83. The second-order valence-electron chi connectivity index (χ2n) is 8.64. The molecule has 220 valence electrons. The number of amides is 2. The van der Waals surface area contributed by atoms with Crippen molar-refractivity contribution in [2.45, 2.75) is 38.7 Å². The van der Waals surface area contributed by atoms with Gasteiger partial charge in [0, 0.05) is 31.5 Å². The summed E-state index contributed by atoms with van der Waals surface area (Å²) in [5.41, 5.74) is 7.58. The van der Waals surface area contributed by atoms with Crippen LogP contribution in [0.15, 0.2) is 58.2 Å². The van der Waals surface area contributed by atoms with E-state index in [4.69, 9.17) is 26.4 Å². The number of halogens is 5. The molecule has 0 spiro atoms. The van der Waals surface area contributed by atoms with E-state index in [-0.39, 0.29) is 36.9 Å². The minimum absolute atomic E-state index is 0. The molecule has 2 N–H and O–H groups in total. The Kier molecular flexibility index (Phi) is 12.0. The SMILES string of the molecule is C.CN(C(=O)CCc1cccc(F)c1Cl)[C@H](COC(=O)Nc1cc(-c2cccc(F)c2)no1)CC(F)(F)CN=[N+]=N. The lowest BCUT2D eigenvalue weighted by Crippen LogP contribution is -2.45. The quantitative estimate of drug-likeness (QED) is 0.139. The highest BCUT2D eigenvalue weighted by Crippen LogP contribution is 2.26. The predicted octanol–water partition coefficient (Wildman–Crippen LogP) is 6.49. The average molecular weight is 600 g/mol. The van der Waals surface area contributed by atoms with Crippen LogP contribution in [0.25, 0.3) is 11.3 Å². The van der Waals surface area contributed by atoms with Crippen molar-refractivity contribution in [1.82, 2.24) is 15.0 Å². The van der Waals surface area contributed by atoms with Crippen molar-refractivity contribution in [3.8, 4) is 11.3 Å². The molecule has 2 amide bonds. The van der Waals surface area contributed by atoms with E-state index in [0.29, 0.717) is 11.1 Å². The molecule has 1 aromatic heterocycles. The molecule has 10 nitrogen and oxygen atoms in total. The van der Waals surface area contributed by atoms with Gasteiger partial charge < -0.3 is 14.2 Å². The molecule has 0 aliphatic rings. The number of likely N-dealkylation sites (N-methyl/N-ethyl adjacent to an activating group) is 1. The highest BCUT2D eigenvalue weighted by molar-refractivity contribution is 6.31. The van der Waals surface area contributed by atoms with Gasteiger partial charge in [-0.25, -0.2) is 22.4 Å². The number of nitrogens with one attached hydrogen (secondary N) is 2. The number of carbonyl (C=O) groups excluding carboxylic acids is 2. The summed E-state index contributed by atoms with van der Waals surface area (Å²) in [4.78, 5) is 28.7. The van der Waals surface area contributed by atoms with Crippen molar-refractivity contribution in [3.63, 3.8) is 0 Å². The van der Waals surface area contributed by atoms with Gasteiger partial charge in [-0.05, 0) is 30.2 Å². The topological polar surface area (TPSA) is 135 Å². The Bertz CT molecular complexity index is 1400. The standard InChI is InChI=1S/C25H23ClF4N6O4.CH4/c1-36(22(37)9-8-15-4-3-7-19(28)23(15)26)18(12-25(29,30)14-32-35-31)13-39-24(38)33-21-11-20(34-40-21)16-5-2-6-17(27)10-16;/h2-7,10-11,18,31H,8-9,12-14H2,1H3;1H4/p+1/t18-;/m0./s1. The largest absolute Gasteiger partial charge is 0.447 e. The Balaban J connectivity index is 0.00000588. The van der Waals surface area contributed by atoms with Crippen LogP contribution in [-0.4, -0.2) is 54.2 Å².